The average Bonchev–Trinajstić information content (AvgIpc) is 3.00. The monoisotopic (exact) mass is 405 g/mol. The standard InChI is InChI=1S/C21H19N5O4/c1-13(27)23-19-12-15(8-9-22-19)29-14-6-7-16-17(11-14)26(3)21(24-16)30-18-5-4-10-25(2)20(18)28/h4-12H,1-3H3,(H,22,23,27). The van der Waals surface area contributed by atoms with Gasteiger partial charge < -0.3 is 19.4 Å². The third-order valence-corrected chi connectivity index (χ3v) is 4.37. The van der Waals surface area contributed by atoms with E-state index in [4.69, 9.17) is 9.47 Å². The van der Waals surface area contributed by atoms with Gasteiger partial charge in [0, 0.05) is 45.5 Å². The molecule has 4 rings (SSSR count). The maximum atomic E-state index is 12.2. The third-order valence-electron chi connectivity index (χ3n) is 4.37. The summed E-state index contributed by atoms with van der Waals surface area (Å²) in [5, 5.41) is 2.62. The van der Waals surface area contributed by atoms with Crippen molar-refractivity contribution in [2.45, 2.75) is 6.92 Å². The zero-order chi connectivity index (χ0) is 21.3. The first-order valence-corrected chi connectivity index (χ1v) is 9.12. The summed E-state index contributed by atoms with van der Waals surface area (Å²) in [5.41, 5.74) is 1.22. The van der Waals surface area contributed by atoms with E-state index < -0.39 is 0 Å². The molecule has 1 N–H and O–H groups in total. The molecule has 0 unspecified atom stereocenters. The molecular formula is C21H19N5O4. The van der Waals surface area contributed by atoms with Gasteiger partial charge in [0.1, 0.15) is 17.3 Å². The van der Waals surface area contributed by atoms with E-state index in [2.05, 4.69) is 15.3 Å². The molecule has 0 atom stereocenters. The number of hydrogen-bond donors (Lipinski definition) is 1. The highest BCUT2D eigenvalue weighted by Gasteiger charge is 2.13. The lowest BCUT2D eigenvalue weighted by atomic mass is 10.3. The Morgan fingerprint density at radius 2 is 1.87 bits per heavy atom. The number of amides is 1. The summed E-state index contributed by atoms with van der Waals surface area (Å²) in [4.78, 5) is 31.9. The smallest absolute Gasteiger partial charge is 0.302 e. The topological polar surface area (TPSA) is 100 Å². The van der Waals surface area contributed by atoms with Crippen LogP contribution in [0, 0.1) is 0 Å². The predicted octanol–water partition coefficient (Wildman–Crippen LogP) is 3.21. The van der Waals surface area contributed by atoms with E-state index in [0.717, 1.165) is 5.52 Å². The maximum absolute atomic E-state index is 12.2. The number of aromatic nitrogens is 4. The number of carbonyl (C=O) groups is 1. The number of benzene rings is 1. The van der Waals surface area contributed by atoms with Crippen molar-refractivity contribution in [1.29, 1.82) is 0 Å². The molecule has 0 aliphatic carbocycles. The van der Waals surface area contributed by atoms with Gasteiger partial charge in [0.25, 0.3) is 5.56 Å². The molecule has 0 aliphatic heterocycles. The van der Waals surface area contributed by atoms with Gasteiger partial charge >= 0.3 is 6.01 Å². The fourth-order valence-electron chi connectivity index (χ4n) is 2.91. The molecule has 0 fully saturated rings. The largest absolute Gasteiger partial charge is 0.457 e. The zero-order valence-corrected chi connectivity index (χ0v) is 16.6. The van der Waals surface area contributed by atoms with Crippen LogP contribution in [-0.2, 0) is 18.9 Å². The molecule has 152 valence electrons. The molecule has 0 bridgehead atoms. The van der Waals surface area contributed by atoms with E-state index in [-0.39, 0.29) is 17.2 Å². The van der Waals surface area contributed by atoms with Crippen molar-refractivity contribution in [1.82, 2.24) is 19.1 Å². The highest BCUT2D eigenvalue weighted by Crippen LogP contribution is 2.29. The number of hydrogen-bond acceptors (Lipinski definition) is 6. The molecule has 0 saturated carbocycles. The van der Waals surface area contributed by atoms with Crippen LogP contribution in [0.3, 0.4) is 0 Å². The second-order valence-electron chi connectivity index (χ2n) is 6.65. The van der Waals surface area contributed by atoms with Gasteiger partial charge in [-0.1, -0.05) is 0 Å². The number of rotatable bonds is 5. The first kappa shape index (κ1) is 19.2. The number of aryl methyl sites for hydroxylation is 2. The van der Waals surface area contributed by atoms with Gasteiger partial charge in [-0.05, 0) is 30.3 Å². The van der Waals surface area contributed by atoms with Crippen LogP contribution in [-0.4, -0.2) is 25.0 Å². The van der Waals surface area contributed by atoms with Crippen molar-refractivity contribution in [3.05, 3.63) is 65.2 Å². The van der Waals surface area contributed by atoms with Gasteiger partial charge in [-0.15, -0.1) is 0 Å². The number of fused-ring (bicyclic) bond motifs is 1. The van der Waals surface area contributed by atoms with Crippen LogP contribution in [0.2, 0.25) is 0 Å². The second-order valence-corrected chi connectivity index (χ2v) is 6.65. The Labute approximate surface area is 171 Å². The number of nitrogens with one attached hydrogen (secondary N) is 1. The van der Waals surface area contributed by atoms with E-state index in [1.54, 1.807) is 67.5 Å². The van der Waals surface area contributed by atoms with E-state index in [0.29, 0.717) is 28.8 Å². The van der Waals surface area contributed by atoms with Gasteiger partial charge in [0.2, 0.25) is 5.91 Å². The van der Waals surface area contributed by atoms with E-state index in [1.165, 1.54) is 11.5 Å². The Morgan fingerprint density at radius 3 is 2.67 bits per heavy atom. The summed E-state index contributed by atoms with van der Waals surface area (Å²) < 4.78 is 14.8. The zero-order valence-electron chi connectivity index (χ0n) is 16.6. The molecular weight excluding hydrogens is 386 g/mol. The molecule has 0 radical (unpaired) electrons. The highest BCUT2D eigenvalue weighted by atomic mass is 16.5. The summed E-state index contributed by atoms with van der Waals surface area (Å²) in [6.45, 7) is 1.41. The molecule has 1 aromatic carbocycles. The molecule has 4 aromatic rings. The summed E-state index contributed by atoms with van der Waals surface area (Å²) in [5.74, 6) is 1.49. The lowest BCUT2D eigenvalue weighted by molar-refractivity contribution is -0.114. The summed E-state index contributed by atoms with van der Waals surface area (Å²) in [7, 11) is 3.45. The summed E-state index contributed by atoms with van der Waals surface area (Å²) >= 11 is 0. The lowest BCUT2D eigenvalue weighted by Gasteiger charge is -2.08. The minimum absolute atomic E-state index is 0.192. The molecule has 9 heteroatoms. The van der Waals surface area contributed by atoms with Crippen LogP contribution in [0.4, 0.5) is 5.82 Å². The quantitative estimate of drug-likeness (QED) is 0.547. The molecule has 3 aromatic heterocycles. The minimum Gasteiger partial charge on any atom is -0.457 e. The number of ether oxygens (including phenoxy) is 2. The fourth-order valence-corrected chi connectivity index (χ4v) is 2.91. The van der Waals surface area contributed by atoms with Crippen molar-refractivity contribution in [2.75, 3.05) is 5.32 Å². The van der Waals surface area contributed by atoms with Gasteiger partial charge in [0.05, 0.1) is 11.0 Å². The van der Waals surface area contributed by atoms with Crippen LogP contribution in [0.25, 0.3) is 11.0 Å². The predicted molar refractivity (Wildman–Crippen MR) is 111 cm³/mol. The van der Waals surface area contributed by atoms with E-state index in [9.17, 15) is 9.59 Å². The van der Waals surface area contributed by atoms with Gasteiger partial charge in [-0.25, -0.2) is 4.98 Å². The van der Waals surface area contributed by atoms with Gasteiger partial charge in [-0.2, -0.15) is 4.98 Å². The molecule has 30 heavy (non-hydrogen) atoms. The minimum atomic E-state index is -0.249. The molecule has 9 nitrogen and oxygen atoms in total. The van der Waals surface area contributed by atoms with Crippen molar-refractivity contribution < 1.29 is 14.3 Å². The Bertz CT molecular complexity index is 1310. The Kier molecular flexibility index (Phi) is 4.93. The SMILES string of the molecule is CC(=O)Nc1cc(Oc2ccc3nc(Oc4cccn(C)c4=O)n(C)c3c2)ccn1. The molecule has 1 amide bonds. The van der Waals surface area contributed by atoms with Crippen LogP contribution < -0.4 is 20.3 Å². The van der Waals surface area contributed by atoms with E-state index >= 15 is 0 Å². The Balaban J connectivity index is 1.62. The summed E-state index contributed by atoms with van der Waals surface area (Å²) in [6.07, 6.45) is 3.21. The lowest BCUT2D eigenvalue weighted by Crippen LogP contribution is -2.17. The molecule has 0 aliphatic rings. The normalized spacial score (nSPS) is 10.8. The van der Waals surface area contributed by atoms with E-state index in [1.807, 2.05) is 6.07 Å². The van der Waals surface area contributed by atoms with Crippen molar-refractivity contribution in [3.63, 3.8) is 0 Å². The first-order valence-electron chi connectivity index (χ1n) is 9.12. The maximum Gasteiger partial charge on any atom is 0.302 e. The second kappa shape index (κ2) is 7.70. The number of anilines is 1. The van der Waals surface area contributed by atoms with Crippen molar-refractivity contribution in [2.24, 2.45) is 14.1 Å². The number of pyridine rings is 2. The van der Waals surface area contributed by atoms with Crippen molar-refractivity contribution >= 4 is 22.8 Å². The third kappa shape index (κ3) is 3.86. The fraction of sp³-hybridized carbons (Fsp3) is 0.143. The Morgan fingerprint density at radius 1 is 1.07 bits per heavy atom. The Hall–Kier alpha value is -4.14. The highest BCUT2D eigenvalue weighted by molar-refractivity contribution is 5.87. The van der Waals surface area contributed by atoms with Crippen LogP contribution in [0.15, 0.2) is 59.7 Å². The van der Waals surface area contributed by atoms with Crippen LogP contribution in [0.5, 0.6) is 23.3 Å². The van der Waals surface area contributed by atoms with Gasteiger partial charge in [0.15, 0.2) is 5.75 Å². The summed E-state index contributed by atoms with van der Waals surface area (Å²) in [6, 6.07) is 12.4. The van der Waals surface area contributed by atoms with Crippen LogP contribution >= 0.6 is 0 Å². The molecule has 0 saturated heterocycles. The van der Waals surface area contributed by atoms with Crippen LogP contribution in [0.1, 0.15) is 6.92 Å². The van der Waals surface area contributed by atoms with Gasteiger partial charge in [-0.3, -0.25) is 14.2 Å². The number of carbonyl (C=O) groups excluding carboxylic acids is 1. The number of nitrogens with zero attached hydrogens (tertiary/aromatic N) is 4. The number of imidazole rings is 1. The molecule has 0 spiro atoms. The molecule has 3 heterocycles. The van der Waals surface area contributed by atoms with Crippen molar-refractivity contribution in [3.8, 4) is 23.3 Å². The average molecular weight is 405 g/mol. The first-order chi connectivity index (χ1) is 14.4.